The van der Waals surface area contributed by atoms with Crippen LogP contribution in [-0.2, 0) is 45.4 Å². The fourth-order valence-electron chi connectivity index (χ4n) is 16.8. The van der Waals surface area contributed by atoms with Crippen molar-refractivity contribution in [1.82, 2.24) is 18.3 Å². The molecule has 0 N–H and O–H groups in total. The SMILES string of the molecule is C=Cc1ccc(OCCCCOCc2ccc(-n3c4ccc(cc4)c4ccc(cc4)c4ccc(cc4)n(-c4ccc(COCCCCOc5ccc(C=C)cc5)cc4)c4cccc(c4)n(-c4ccc(COCCCCOc5ccc(C=C)cc5)cc4)c4ccc(cc4)c4ccc(cc4)c4ccc(cc4)n(-c4ccc(COCCCCOc5ccc(C=C)cc5)cc4)c4cccc3c4)cc2)cc1. The largest absolute Gasteiger partial charge is 0.494 e. The van der Waals surface area contributed by atoms with Crippen LogP contribution >= 0.6 is 0 Å². The lowest BCUT2D eigenvalue weighted by atomic mass is 10.1. The van der Waals surface area contributed by atoms with E-state index in [0.717, 1.165) is 229 Å². The number of rotatable bonds is 40. The third kappa shape index (κ3) is 25.0. The van der Waals surface area contributed by atoms with E-state index >= 15 is 0 Å². The van der Waals surface area contributed by atoms with Gasteiger partial charge >= 0.3 is 0 Å². The van der Waals surface area contributed by atoms with Gasteiger partial charge in [0.05, 0.1) is 52.9 Å². The molecule has 26 rings (SSSR count). The molecule has 12 heteroatoms. The zero-order chi connectivity index (χ0) is 92.7. The number of hydrogen-bond donors (Lipinski definition) is 0. The van der Waals surface area contributed by atoms with Gasteiger partial charge in [-0.2, -0.15) is 0 Å². The highest BCUT2D eigenvalue weighted by atomic mass is 16.5. The second-order valence-electron chi connectivity index (χ2n) is 33.9. The van der Waals surface area contributed by atoms with Crippen LogP contribution in [0.25, 0.3) is 134 Å². The average Bonchev–Trinajstić information content (AvgIpc) is 0.780. The first-order chi connectivity index (χ1) is 67.2. The van der Waals surface area contributed by atoms with Crippen molar-refractivity contribution >= 4 is 112 Å². The maximum Gasteiger partial charge on any atom is 0.119 e. The Hall–Kier alpha value is -15.3. The fraction of sp³-hybridized carbons (Fsp3) is 0.161. The third-order valence-corrected chi connectivity index (χ3v) is 24.4. The van der Waals surface area contributed by atoms with E-state index < -0.39 is 0 Å². The minimum Gasteiger partial charge on any atom is -0.494 e. The van der Waals surface area contributed by atoms with Crippen LogP contribution < -0.4 is 18.9 Å². The number of nitrogens with zero attached hydrogens (tertiary/aromatic N) is 4. The Kier molecular flexibility index (Phi) is 32.2. The predicted octanol–water partition coefficient (Wildman–Crippen LogP) is 31.2. The van der Waals surface area contributed by atoms with Gasteiger partial charge in [0, 0.05) is 93.3 Å². The summed E-state index contributed by atoms with van der Waals surface area (Å²) in [6.45, 7) is 22.5. The smallest absolute Gasteiger partial charge is 0.119 e. The summed E-state index contributed by atoms with van der Waals surface area (Å²) in [6.07, 6.45) is 14.4. The summed E-state index contributed by atoms with van der Waals surface area (Å²) in [5, 5.41) is 8.85. The number of benzene rings is 16. The van der Waals surface area contributed by atoms with Gasteiger partial charge in [-0.3, -0.25) is 0 Å². The van der Waals surface area contributed by atoms with Crippen molar-refractivity contribution in [3.05, 3.63) is 459 Å². The van der Waals surface area contributed by atoms with E-state index in [2.05, 4.69) is 336 Å². The quantitative estimate of drug-likeness (QED) is 0.0351. The van der Waals surface area contributed by atoms with E-state index in [1.807, 2.05) is 121 Å². The number of aromatic nitrogens is 4. The Morgan fingerprint density at radius 3 is 0.537 bits per heavy atom. The Bertz CT molecular complexity index is 6290. The molecule has 0 spiro atoms. The molecule has 16 bridgehead atoms. The average molecular weight is 1790 g/mol. The highest BCUT2D eigenvalue weighted by molar-refractivity contribution is 5.92. The van der Waals surface area contributed by atoms with Crippen molar-refractivity contribution in [3.63, 3.8) is 0 Å². The van der Waals surface area contributed by atoms with Crippen LogP contribution in [0.2, 0.25) is 0 Å². The molecular formula is C124H116N4O8. The zero-order valence-electron chi connectivity index (χ0n) is 77.3. The lowest BCUT2D eigenvalue weighted by Gasteiger charge is -2.15. The first-order valence-corrected chi connectivity index (χ1v) is 47.3. The van der Waals surface area contributed by atoms with E-state index in [1.165, 1.54) is 0 Å². The second-order valence-corrected chi connectivity index (χ2v) is 33.9. The second kappa shape index (κ2) is 47.4. The molecule has 12 nitrogen and oxygen atoms in total. The molecule has 26 aromatic rings. The Morgan fingerprint density at radius 1 is 0.176 bits per heavy atom. The highest BCUT2D eigenvalue weighted by Gasteiger charge is 2.13. The summed E-state index contributed by atoms with van der Waals surface area (Å²) >= 11 is 0. The molecule has 0 unspecified atom stereocenters. The number of hydrogen-bond acceptors (Lipinski definition) is 8. The lowest BCUT2D eigenvalue weighted by Crippen LogP contribution is -2.02. The van der Waals surface area contributed by atoms with Crippen LogP contribution in [0.15, 0.2) is 415 Å². The molecule has 0 saturated heterocycles. The van der Waals surface area contributed by atoms with Crippen LogP contribution in [0.3, 0.4) is 0 Å². The van der Waals surface area contributed by atoms with Gasteiger partial charge in [0.15, 0.2) is 0 Å². The number of unbranched alkanes of at least 4 members (excludes halogenated alkanes) is 4. The molecule has 0 atom stereocenters. The Morgan fingerprint density at radius 2 is 0.353 bits per heavy atom. The molecule has 0 amide bonds. The Balaban J connectivity index is 0.727. The van der Waals surface area contributed by atoms with Crippen molar-refractivity contribution < 1.29 is 37.9 Å². The van der Waals surface area contributed by atoms with Crippen LogP contribution in [0, 0.1) is 0 Å². The maximum absolute atomic E-state index is 6.30. The van der Waals surface area contributed by atoms with Gasteiger partial charge in [0.2, 0.25) is 0 Å². The zero-order valence-corrected chi connectivity index (χ0v) is 77.3. The summed E-state index contributed by atoms with van der Waals surface area (Å²) in [5.41, 5.74) is 20.7. The molecule has 0 fully saturated rings. The van der Waals surface area contributed by atoms with Gasteiger partial charge in [-0.05, 0) is 321 Å². The van der Waals surface area contributed by atoms with Crippen molar-refractivity contribution in [2.24, 2.45) is 0 Å². The first kappa shape index (κ1) is 92.6. The minimum absolute atomic E-state index is 0.495. The highest BCUT2D eigenvalue weighted by Crippen LogP contribution is 2.31. The molecule has 10 aromatic heterocycles. The molecule has 136 heavy (non-hydrogen) atoms. The third-order valence-electron chi connectivity index (χ3n) is 24.4. The molecule has 10 heterocycles. The Labute approximate surface area is 798 Å². The normalized spacial score (nSPS) is 11.2. The van der Waals surface area contributed by atoms with E-state index in [-0.39, 0.29) is 0 Å². The molecule has 0 radical (unpaired) electrons. The van der Waals surface area contributed by atoms with Crippen LogP contribution in [0.1, 0.15) is 95.9 Å². The molecule has 0 aliphatic carbocycles. The summed E-state index contributed by atoms with van der Waals surface area (Å²) in [4.78, 5) is 0. The van der Waals surface area contributed by atoms with E-state index in [4.69, 9.17) is 37.9 Å². The standard InChI is InChI=1S/C124H116N4O8/c1-5-93-31-71-121(72-32-93)133-83-13-9-79-129-89-97-23-55-109(56-24-97)125-113-63-47-105(48-64-113)101-39-41-102(42-40-101)107-51-67-115(68-52-107)127(111-59-27-99(28-60-111)91-131-81-11-15-85-135-123-75-35-95(7-3)36-76-123)119-21-18-22-120(88-119)128(112-61-29-100(30-62-112)92-132-82-12-16-86-136-124-77-37-96(8-4)38-78-124)116-69-53-108(54-70-116)104-45-43-103(44-46-104)106-49-65-114(66-50-106)126(118-20-17-19-117(125)87-118)110-57-25-98(26-58-110)90-130-80-10-14-84-134-122-73-33-94(6-2)34-74-122/h5-8,17-78,87-88H,1-4,9-16,79-86,89-92H2. The van der Waals surface area contributed by atoms with E-state index in [1.54, 1.807) is 0 Å². The van der Waals surface area contributed by atoms with Crippen LogP contribution in [-0.4, -0.2) is 71.1 Å². The lowest BCUT2D eigenvalue weighted by molar-refractivity contribution is 0.113. The van der Waals surface area contributed by atoms with Crippen molar-refractivity contribution in [2.75, 3.05) is 52.9 Å². The van der Waals surface area contributed by atoms with Crippen molar-refractivity contribution in [2.45, 2.75) is 77.8 Å². The van der Waals surface area contributed by atoms with Crippen LogP contribution in [0.5, 0.6) is 23.0 Å². The molecule has 0 saturated carbocycles. The minimum atomic E-state index is 0.495. The van der Waals surface area contributed by atoms with E-state index in [9.17, 15) is 0 Å². The maximum atomic E-state index is 6.30. The molecule has 0 aliphatic rings. The van der Waals surface area contributed by atoms with Gasteiger partial charge in [0.25, 0.3) is 0 Å². The van der Waals surface area contributed by atoms with Crippen molar-refractivity contribution in [1.29, 1.82) is 0 Å². The summed E-state index contributed by atoms with van der Waals surface area (Å²) in [7, 11) is 0. The van der Waals surface area contributed by atoms with Crippen LogP contribution in [0.4, 0.5) is 0 Å². The predicted molar refractivity (Wildman–Crippen MR) is 567 cm³/mol. The molecular weight excluding hydrogens is 1670 g/mol. The molecule has 16 aromatic carbocycles. The molecule has 680 valence electrons. The summed E-state index contributed by atoms with van der Waals surface area (Å²) in [5.74, 6) is 3.44. The summed E-state index contributed by atoms with van der Waals surface area (Å²) < 4.78 is 58.7. The fourth-order valence-corrected chi connectivity index (χ4v) is 16.8. The van der Waals surface area contributed by atoms with Gasteiger partial charge in [0.1, 0.15) is 23.0 Å². The van der Waals surface area contributed by atoms with E-state index in [0.29, 0.717) is 79.3 Å². The topological polar surface area (TPSA) is 93.6 Å². The first-order valence-electron chi connectivity index (χ1n) is 47.3. The number of ether oxygens (including phenoxy) is 8. The monoisotopic (exact) mass is 1790 g/mol. The van der Waals surface area contributed by atoms with Gasteiger partial charge < -0.3 is 56.2 Å². The molecule has 0 aliphatic heterocycles. The van der Waals surface area contributed by atoms with Gasteiger partial charge in [-0.1, -0.05) is 257 Å². The van der Waals surface area contributed by atoms with Gasteiger partial charge in [-0.15, -0.1) is 0 Å². The van der Waals surface area contributed by atoms with Crippen molar-refractivity contribution in [3.8, 4) is 45.7 Å². The van der Waals surface area contributed by atoms with Gasteiger partial charge in [-0.25, -0.2) is 0 Å². The summed E-state index contributed by atoms with van der Waals surface area (Å²) in [6, 6.07) is 139.